The third kappa shape index (κ3) is 8.41. The third-order valence-corrected chi connectivity index (χ3v) is 7.71. The van der Waals surface area contributed by atoms with Crippen molar-refractivity contribution in [3.63, 3.8) is 0 Å². The van der Waals surface area contributed by atoms with Crippen molar-refractivity contribution in [2.75, 3.05) is 13.7 Å². The number of hydrogen-bond donors (Lipinski definition) is 0. The van der Waals surface area contributed by atoms with Gasteiger partial charge in [0.1, 0.15) is 24.2 Å². The lowest BCUT2D eigenvalue weighted by molar-refractivity contribution is -0.270. The Morgan fingerprint density at radius 1 is 0.840 bits per heavy atom. The Hall–Kier alpha value is -5.83. The normalized spacial score (nSPS) is 20.3. The molecule has 5 atom stereocenters. The Balaban J connectivity index is 1.48. The second-order valence-corrected chi connectivity index (χ2v) is 11.4. The number of ether oxygens (including phenoxy) is 6. The topological polar surface area (TPSA) is 176 Å². The zero-order valence-electron chi connectivity index (χ0n) is 28.0. The van der Waals surface area contributed by atoms with Crippen LogP contribution < -0.4 is 4.74 Å². The number of carbonyl (C=O) groups is 5. The molecule has 0 radical (unpaired) electrons. The van der Waals surface area contributed by atoms with Crippen molar-refractivity contribution in [2.45, 2.75) is 64.9 Å². The van der Waals surface area contributed by atoms with Crippen LogP contribution in [0.25, 0.3) is 17.0 Å². The quantitative estimate of drug-likeness (QED) is 0.0917. The van der Waals surface area contributed by atoms with E-state index in [9.17, 15) is 24.0 Å². The van der Waals surface area contributed by atoms with Gasteiger partial charge in [0, 0.05) is 55.9 Å². The molecular formula is C35H36N4O11. The zero-order chi connectivity index (χ0) is 35.9. The average molecular weight is 689 g/mol. The smallest absolute Gasteiger partial charge is 0.303 e. The number of methoxy groups -OCH3 is 1. The molecule has 5 rings (SSSR count). The maximum Gasteiger partial charge on any atom is 0.303 e. The molecule has 15 nitrogen and oxygen atoms in total. The molecule has 0 saturated carbocycles. The Kier molecular flexibility index (Phi) is 11.1. The van der Waals surface area contributed by atoms with E-state index in [1.54, 1.807) is 43.6 Å². The molecule has 0 aliphatic carbocycles. The first-order chi connectivity index (χ1) is 23.9. The second kappa shape index (κ2) is 15.6. The van der Waals surface area contributed by atoms with Crippen LogP contribution in [0.1, 0.15) is 55.5 Å². The van der Waals surface area contributed by atoms with E-state index >= 15 is 0 Å². The molecule has 262 valence electrons. The fraction of sp³-hybridized carbons (Fsp3) is 0.343. The van der Waals surface area contributed by atoms with Crippen molar-refractivity contribution in [1.29, 1.82) is 0 Å². The number of allylic oxidation sites excluding steroid dienone is 1. The van der Waals surface area contributed by atoms with Gasteiger partial charge in [-0.1, -0.05) is 35.5 Å². The van der Waals surface area contributed by atoms with E-state index in [0.29, 0.717) is 17.0 Å². The summed E-state index contributed by atoms with van der Waals surface area (Å²) >= 11 is 0. The lowest BCUT2D eigenvalue weighted by Crippen LogP contribution is -2.60. The van der Waals surface area contributed by atoms with Crippen molar-refractivity contribution >= 4 is 46.6 Å². The van der Waals surface area contributed by atoms with Crippen molar-refractivity contribution in [3.05, 3.63) is 83.8 Å². The van der Waals surface area contributed by atoms with Gasteiger partial charge in [-0.3, -0.25) is 24.0 Å². The van der Waals surface area contributed by atoms with Gasteiger partial charge >= 0.3 is 23.9 Å². The van der Waals surface area contributed by atoms with Gasteiger partial charge in [0.2, 0.25) is 0 Å². The molecule has 1 fully saturated rings. The number of nitrogens with zero attached hydrogens (tertiary/aromatic N) is 4. The molecule has 0 N–H and O–H groups in total. The fourth-order valence-electron chi connectivity index (χ4n) is 5.66. The predicted molar refractivity (Wildman–Crippen MR) is 175 cm³/mol. The number of aromatic nitrogens is 4. The number of ketones is 1. The van der Waals surface area contributed by atoms with E-state index in [0.717, 1.165) is 37.2 Å². The van der Waals surface area contributed by atoms with E-state index in [2.05, 4.69) is 10.3 Å². The molecule has 0 bridgehead atoms. The van der Waals surface area contributed by atoms with E-state index < -0.39 is 54.5 Å². The number of hydrogen-bond acceptors (Lipinski definition) is 13. The first kappa shape index (κ1) is 35.5. The number of carbonyl (C=O) groups excluding carboxylic acids is 5. The van der Waals surface area contributed by atoms with Gasteiger partial charge in [-0.25, -0.2) is 4.68 Å². The summed E-state index contributed by atoms with van der Waals surface area (Å²) in [6.45, 7) is 4.48. The van der Waals surface area contributed by atoms with Crippen LogP contribution >= 0.6 is 0 Å². The number of fused-ring (bicyclic) bond motifs is 1. The molecular weight excluding hydrogens is 652 g/mol. The van der Waals surface area contributed by atoms with E-state index in [4.69, 9.17) is 28.4 Å². The summed E-state index contributed by atoms with van der Waals surface area (Å²) in [4.78, 5) is 61.0. The van der Waals surface area contributed by atoms with Crippen molar-refractivity contribution in [2.24, 2.45) is 0 Å². The molecule has 4 aromatic rings. The van der Waals surface area contributed by atoms with E-state index in [1.807, 2.05) is 35.0 Å². The average Bonchev–Trinajstić information content (AvgIpc) is 3.68. The maximum absolute atomic E-state index is 12.8. The molecule has 0 spiro atoms. The van der Waals surface area contributed by atoms with Crippen LogP contribution in [-0.2, 0) is 49.4 Å². The van der Waals surface area contributed by atoms with Gasteiger partial charge < -0.3 is 33.0 Å². The van der Waals surface area contributed by atoms with Gasteiger partial charge in [-0.05, 0) is 30.4 Å². The highest BCUT2D eigenvalue weighted by Gasteiger charge is 2.53. The first-order valence-electron chi connectivity index (χ1n) is 15.6. The largest absolute Gasteiger partial charge is 0.497 e. The minimum Gasteiger partial charge on any atom is -0.497 e. The van der Waals surface area contributed by atoms with Gasteiger partial charge in [-0.2, -0.15) is 0 Å². The van der Waals surface area contributed by atoms with Crippen LogP contribution in [0.3, 0.4) is 0 Å². The van der Waals surface area contributed by atoms with Gasteiger partial charge in [0.05, 0.1) is 19.9 Å². The summed E-state index contributed by atoms with van der Waals surface area (Å²) in [5.41, 5.74) is 2.60. The molecule has 2 aromatic carbocycles. The summed E-state index contributed by atoms with van der Waals surface area (Å²) < 4.78 is 36.5. The molecule has 15 heteroatoms. The monoisotopic (exact) mass is 688 g/mol. The third-order valence-electron chi connectivity index (χ3n) is 7.71. The summed E-state index contributed by atoms with van der Waals surface area (Å²) in [7, 11) is 1.57. The van der Waals surface area contributed by atoms with Gasteiger partial charge in [-0.15, -0.1) is 5.10 Å². The standard InChI is InChI=1S/C35H36N4O11/c1-20(40)46-19-31-32(47-21(2)41)33(48-22(3)42)34(49-23(4)43)35(50-31)39-18-26(36-37-39)17-38-16-25(28-15-27(45-5)12-13-29(28)38)11-14-30(44)24-9-7-6-8-10-24/h6-16,18,31-35H,17,19H2,1-5H3/b14-11+/t31-,32+,33+,34-,35-/m1/s1. The van der Waals surface area contributed by atoms with Crippen LogP contribution in [0.15, 0.2) is 67.0 Å². The summed E-state index contributed by atoms with van der Waals surface area (Å²) in [6.07, 6.45) is 0.278. The minimum absolute atomic E-state index is 0.151. The van der Waals surface area contributed by atoms with Gasteiger partial charge in [0.25, 0.3) is 0 Å². The highest BCUT2D eigenvalue weighted by Crippen LogP contribution is 2.35. The molecule has 1 aliphatic heterocycles. The molecule has 1 aliphatic rings. The van der Waals surface area contributed by atoms with Crippen LogP contribution in [0.4, 0.5) is 0 Å². The molecule has 0 unspecified atom stereocenters. The molecule has 3 heterocycles. The zero-order valence-corrected chi connectivity index (χ0v) is 28.0. The Morgan fingerprint density at radius 2 is 1.52 bits per heavy atom. The predicted octanol–water partition coefficient (Wildman–Crippen LogP) is 3.44. The number of rotatable bonds is 12. The first-order valence-corrected chi connectivity index (χ1v) is 15.6. The van der Waals surface area contributed by atoms with E-state index in [-0.39, 0.29) is 18.9 Å². The minimum atomic E-state index is -1.36. The number of esters is 4. The SMILES string of the molecule is COc1ccc2c(c1)c(/C=C/C(=O)c1ccccc1)cn2Cc1cn([C@@H]2O[C@H](COC(C)=O)[C@H](OC(C)=O)[C@H](OC(C)=O)[C@H]2OC(C)=O)nn1. The summed E-state index contributed by atoms with van der Waals surface area (Å²) in [6, 6.07) is 14.5. The summed E-state index contributed by atoms with van der Waals surface area (Å²) in [5.74, 6) is -2.36. The maximum atomic E-state index is 12.8. The fourth-order valence-corrected chi connectivity index (χ4v) is 5.66. The number of benzene rings is 2. The summed E-state index contributed by atoms with van der Waals surface area (Å²) in [5, 5.41) is 9.37. The van der Waals surface area contributed by atoms with Crippen LogP contribution in [0.2, 0.25) is 0 Å². The Bertz CT molecular complexity index is 1920. The van der Waals surface area contributed by atoms with Gasteiger partial charge in [0.15, 0.2) is 30.3 Å². The highest BCUT2D eigenvalue weighted by atomic mass is 16.7. The lowest BCUT2D eigenvalue weighted by atomic mass is 9.97. The molecule has 0 amide bonds. The van der Waals surface area contributed by atoms with Crippen molar-refractivity contribution in [1.82, 2.24) is 19.6 Å². The molecule has 1 saturated heterocycles. The highest BCUT2D eigenvalue weighted by molar-refractivity contribution is 6.07. The van der Waals surface area contributed by atoms with Crippen LogP contribution in [-0.4, -0.2) is 87.4 Å². The molecule has 2 aromatic heterocycles. The van der Waals surface area contributed by atoms with E-state index in [1.165, 1.54) is 17.7 Å². The lowest BCUT2D eigenvalue weighted by Gasteiger charge is -2.44. The van der Waals surface area contributed by atoms with Crippen LogP contribution in [0, 0.1) is 0 Å². The second-order valence-electron chi connectivity index (χ2n) is 11.4. The Labute approximate surface area is 286 Å². The Morgan fingerprint density at radius 3 is 2.18 bits per heavy atom. The van der Waals surface area contributed by atoms with Crippen molar-refractivity contribution in [3.8, 4) is 5.75 Å². The van der Waals surface area contributed by atoms with Crippen molar-refractivity contribution < 1.29 is 52.4 Å². The molecule has 50 heavy (non-hydrogen) atoms. The van der Waals surface area contributed by atoms with Crippen LogP contribution in [0.5, 0.6) is 5.75 Å².